The molecule has 0 spiro atoms. The molecule has 0 aliphatic rings. The number of methoxy groups -OCH3 is 1. The van der Waals surface area contributed by atoms with E-state index in [2.05, 4.69) is 10.1 Å². The molecule has 0 atom stereocenters. The molecule has 2 aromatic carbocycles. The second-order valence-corrected chi connectivity index (χ2v) is 7.05. The van der Waals surface area contributed by atoms with Crippen molar-refractivity contribution in [3.8, 4) is 28.3 Å². The number of fused-ring (bicyclic) bond motifs is 1. The maximum absolute atomic E-state index is 12.4. The van der Waals surface area contributed by atoms with E-state index >= 15 is 0 Å². The number of ether oxygens (including phenoxy) is 1. The maximum Gasteiger partial charge on any atom is 0.300 e. The number of thiazole rings is 1. The van der Waals surface area contributed by atoms with Gasteiger partial charge in [0, 0.05) is 21.5 Å². The zero-order valence-corrected chi connectivity index (χ0v) is 15.6. The van der Waals surface area contributed by atoms with Crippen molar-refractivity contribution in [1.29, 1.82) is 0 Å². The Morgan fingerprint density at radius 3 is 2.54 bits per heavy atom. The second kappa shape index (κ2) is 6.55. The van der Waals surface area contributed by atoms with Crippen LogP contribution in [-0.4, -0.2) is 21.7 Å². The molecular formula is C19H14ClN3O2S. The minimum absolute atomic E-state index is 0.295. The number of rotatable bonds is 3. The Morgan fingerprint density at radius 2 is 1.85 bits per heavy atom. The van der Waals surface area contributed by atoms with Crippen LogP contribution in [0, 0.1) is 6.92 Å². The standard InChI is InChI=1S/C19H14ClN3O2S/c1-11-9-13(5-8-16(11)25-2)15-10-26-19-21-18(24)17(22-23(15)19)12-3-6-14(20)7-4-12/h3-10H,1-2H3. The average molecular weight is 384 g/mol. The summed E-state index contributed by atoms with van der Waals surface area (Å²) in [6.07, 6.45) is 0. The summed E-state index contributed by atoms with van der Waals surface area (Å²) in [5, 5.41) is 7.11. The first-order valence-electron chi connectivity index (χ1n) is 7.86. The molecule has 7 heteroatoms. The summed E-state index contributed by atoms with van der Waals surface area (Å²) in [7, 11) is 1.65. The minimum Gasteiger partial charge on any atom is -0.496 e. The van der Waals surface area contributed by atoms with Crippen LogP contribution in [0.2, 0.25) is 5.02 Å². The van der Waals surface area contributed by atoms with Gasteiger partial charge < -0.3 is 4.74 Å². The van der Waals surface area contributed by atoms with Crippen LogP contribution in [0.25, 0.3) is 27.5 Å². The van der Waals surface area contributed by atoms with Gasteiger partial charge in [0.05, 0.1) is 12.8 Å². The van der Waals surface area contributed by atoms with Gasteiger partial charge in [-0.2, -0.15) is 10.1 Å². The zero-order valence-electron chi connectivity index (χ0n) is 14.1. The second-order valence-electron chi connectivity index (χ2n) is 5.77. The van der Waals surface area contributed by atoms with Crippen molar-refractivity contribution < 1.29 is 4.74 Å². The largest absolute Gasteiger partial charge is 0.496 e. The third kappa shape index (κ3) is 2.87. The highest BCUT2D eigenvalue weighted by Gasteiger charge is 2.14. The third-order valence-corrected chi connectivity index (χ3v) is 5.16. The lowest BCUT2D eigenvalue weighted by Crippen LogP contribution is -2.14. The summed E-state index contributed by atoms with van der Waals surface area (Å²) in [4.78, 5) is 17.1. The van der Waals surface area contributed by atoms with Crippen LogP contribution >= 0.6 is 22.9 Å². The van der Waals surface area contributed by atoms with Crippen LogP contribution in [-0.2, 0) is 0 Å². The fourth-order valence-corrected chi connectivity index (χ4v) is 3.73. The first-order chi connectivity index (χ1) is 12.6. The molecule has 5 nitrogen and oxygen atoms in total. The third-order valence-electron chi connectivity index (χ3n) is 4.09. The summed E-state index contributed by atoms with van der Waals surface area (Å²) in [5.41, 5.74) is 3.50. The van der Waals surface area contributed by atoms with Gasteiger partial charge in [0.25, 0.3) is 0 Å². The van der Waals surface area contributed by atoms with Crippen molar-refractivity contribution in [2.75, 3.05) is 7.11 Å². The first-order valence-corrected chi connectivity index (χ1v) is 9.12. The van der Waals surface area contributed by atoms with E-state index in [1.54, 1.807) is 35.9 Å². The van der Waals surface area contributed by atoms with Crippen molar-refractivity contribution in [2.45, 2.75) is 6.92 Å². The smallest absolute Gasteiger partial charge is 0.300 e. The molecule has 4 rings (SSSR count). The van der Waals surface area contributed by atoms with Crippen LogP contribution in [0.4, 0.5) is 0 Å². The highest BCUT2D eigenvalue weighted by atomic mass is 35.5. The molecule has 26 heavy (non-hydrogen) atoms. The van der Waals surface area contributed by atoms with Gasteiger partial charge in [-0.25, -0.2) is 4.52 Å². The SMILES string of the molecule is COc1ccc(-c2csc3nc(=O)c(-c4ccc(Cl)cc4)nn23)cc1C. The van der Waals surface area contributed by atoms with Gasteiger partial charge in [-0.05, 0) is 42.8 Å². The molecule has 0 saturated heterocycles. The van der Waals surface area contributed by atoms with Crippen LogP contribution in [0.3, 0.4) is 0 Å². The predicted molar refractivity (Wildman–Crippen MR) is 104 cm³/mol. The molecule has 2 aromatic heterocycles. The minimum atomic E-state index is -0.355. The lowest BCUT2D eigenvalue weighted by molar-refractivity contribution is 0.412. The van der Waals surface area contributed by atoms with Gasteiger partial charge in [0.2, 0.25) is 4.96 Å². The number of aryl methyl sites for hydroxylation is 1. The predicted octanol–water partition coefficient (Wildman–Crippen LogP) is 4.46. The van der Waals surface area contributed by atoms with Crippen molar-refractivity contribution in [3.05, 3.63) is 68.8 Å². The molecule has 0 unspecified atom stereocenters. The maximum atomic E-state index is 12.4. The van der Waals surface area contributed by atoms with Gasteiger partial charge >= 0.3 is 5.56 Å². The molecular weight excluding hydrogens is 370 g/mol. The summed E-state index contributed by atoms with van der Waals surface area (Å²) < 4.78 is 7.03. The normalized spacial score (nSPS) is 11.0. The molecule has 0 aliphatic carbocycles. The van der Waals surface area contributed by atoms with Crippen LogP contribution in [0.1, 0.15) is 5.56 Å². The van der Waals surface area contributed by atoms with E-state index in [0.717, 1.165) is 22.6 Å². The summed E-state index contributed by atoms with van der Waals surface area (Å²) in [5.74, 6) is 0.827. The molecule has 2 heterocycles. The molecule has 0 amide bonds. The topological polar surface area (TPSA) is 56.5 Å². The van der Waals surface area contributed by atoms with Gasteiger partial charge in [0.1, 0.15) is 5.75 Å². The van der Waals surface area contributed by atoms with E-state index in [-0.39, 0.29) is 5.56 Å². The Labute approximate surface area is 158 Å². The quantitative estimate of drug-likeness (QED) is 0.524. The lowest BCUT2D eigenvalue weighted by Gasteiger charge is -2.07. The van der Waals surface area contributed by atoms with Gasteiger partial charge in [-0.1, -0.05) is 23.7 Å². The molecule has 0 N–H and O–H groups in total. The highest BCUT2D eigenvalue weighted by Crippen LogP contribution is 2.29. The number of halogens is 1. The van der Waals surface area contributed by atoms with Gasteiger partial charge in [-0.3, -0.25) is 4.79 Å². The first kappa shape index (κ1) is 16.8. The number of aromatic nitrogens is 3. The van der Waals surface area contributed by atoms with Crippen molar-refractivity contribution in [1.82, 2.24) is 14.6 Å². The van der Waals surface area contributed by atoms with E-state index in [1.165, 1.54) is 11.3 Å². The number of benzene rings is 2. The zero-order chi connectivity index (χ0) is 18.3. The Morgan fingerprint density at radius 1 is 1.12 bits per heavy atom. The molecule has 0 aliphatic heterocycles. The number of hydrogen-bond donors (Lipinski definition) is 0. The Kier molecular flexibility index (Phi) is 4.22. The van der Waals surface area contributed by atoms with Crippen LogP contribution in [0.5, 0.6) is 5.75 Å². The Hall–Kier alpha value is -2.70. The van der Waals surface area contributed by atoms with E-state index in [0.29, 0.717) is 21.2 Å². The summed E-state index contributed by atoms with van der Waals surface area (Å²) in [6, 6.07) is 12.9. The molecule has 0 saturated carbocycles. The highest BCUT2D eigenvalue weighted by molar-refractivity contribution is 7.15. The van der Waals surface area contributed by atoms with E-state index in [1.807, 2.05) is 30.5 Å². The summed E-state index contributed by atoms with van der Waals surface area (Å²) >= 11 is 7.32. The van der Waals surface area contributed by atoms with Gasteiger partial charge in [0.15, 0.2) is 5.69 Å². The van der Waals surface area contributed by atoms with Crippen LogP contribution in [0.15, 0.2) is 52.6 Å². The van der Waals surface area contributed by atoms with E-state index in [4.69, 9.17) is 16.3 Å². The molecule has 0 bridgehead atoms. The average Bonchev–Trinajstić information content (AvgIpc) is 3.04. The monoisotopic (exact) mass is 383 g/mol. The summed E-state index contributed by atoms with van der Waals surface area (Å²) in [6.45, 7) is 1.99. The van der Waals surface area contributed by atoms with Crippen molar-refractivity contribution in [3.63, 3.8) is 0 Å². The Bertz CT molecular complexity index is 1170. The molecule has 130 valence electrons. The lowest BCUT2D eigenvalue weighted by atomic mass is 10.1. The Balaban J connectivity index is 1.90. The molecule has 0 fully saturated rings. The van der Waals surface area contributed by atoms with E-state index < -0.39 is 0 Å². The molecule has 4 aromatic rings. The fourth-order valence-electron chi connectivity index (χ4n) is 2.78. The van der Waals surface area contributed by atoms with Crippen molar-refractivity contribution in [2.24, 2.45) is 0 Å². The number of hydrogen-bond acceptors (Lipinski definition) is 5. The molecule has 0 radical (unpaired) electrons. The van der Waals surface area contributed by atoms with Crippen LogP contribution < -0.4 is 10.3 Å². The van der Waals surface area contributed by atoms with Gasteiger partial charge in [-0.15, -0.1) is 11.3 Å². The van der Waals surface area contributed by atoms with Crippen molar-refractivity contribution >= 4 is 27.9 Å². The van der Waals surface area contributed by atoms with E-state index in [9.17, 15) is 4.79 Å². The fraction of sp³-hybridized carbons (Fsp3) is 0.105. The number of nitrogens with zero attached hydrogens (tertiary/aromatic N) is 3.